The molecule has 0 amide bonds. The Morgan fingerprint density at radius 3 is 2.68 bits per heavy atom. The summed E-state index contributed by atoms with van der Waals surface area (Å²) in [6, 6.07) is 2.48. The van der Waals surface area contributed by atoms with E-state index in [-0.39, 0.29) is 0 Å². The fraction of sp³-hybridized carbons (Fsp3) is 0.636. The number of sulfonamides is 1. The highest BCUT2D eigenvalue weighted by molar-refractivity contribution is 9.12. The van der Waals surface area contributed by atoms with Crippen LogP contribution in [0.25, 0.3) is 0 Å². The molecule has 3 rings (SSSR count). The largest absolute Gasteiger partial charge is 0.310 e. The third-order valence-corrected chi connectivity index (χ3v) is 8.35. The van der Waals surface area contributed by atoms with E-state index < -0.39 is 10.0 Å². The second-order valence-corrected chi connectivity index (χ2v) is 10.6. The van der Waals surface area contributed by atoms with Gasteiger partial charge in [0, 0.05) is 25.2 Å². The summed E-state index contributed by atoms with van der Waals surface area (Å²) in [5.41, 5.74) is 0. The molecule has 2 atom stereocenters. The maximum atomic E-state index is 12.7. The second-order valence-electron chi connectivity index (χ2n) is 4.98. The average molecular weight is 430 g/mol. The van der Waals surface area contributed by atoms with Crippen LogP contribution in [0.15, 0.2) is 18.5 Å². The minimum absolute atomic E-state index is 0.308. The fourth-order valence-electron chi connectivity index (χ4n) is 2.77. The highest BCUT2D eigenvalue weighted by Crippen LogP contribution is 2.37. The van der Waals surface area contributed by atoms with E-state index in [1.54, 1.807) is 10.4 Å². The van der Waals surface area contributed by atoms with Crippen molar-refractivity contribution in [1.29, 1.82) is 0 Å². The summed E-state index contributed by atoms with van der Waals surface area (Å²) >= 11 is 8.08. The molecule has 1 aromatic heterocycles. The molecular formula is C11H14Br2N2O2S2. The number of nitrogens with one attached hydrogen (secondary N) is 1. The predicted octanol–water partition coefficient (Wildman–Crippen LogP) is 2.79. The van der Waals surface area contributed by atoms with Gasteiger partial charge in [-0.05, 0) is 57.2 Å². The molecule has 1 N–H and O–H groups in total. The predicted molar refractivity (Wildman–Crippen MR) is 83.0 cm³/mol. The summed E-state index contributed by atoms with van der Waals surface area (Å²) in [7, 11) is -3.39. The topological polar surface area (TPSA) is 49.4 Å². The van der Waals surface area contributed by atoms with Gasteiger partial charge < -0.3 is 5.32 Å². The minimum Gasteiger partial charge on any atom is -0.310 e. The summed E-state index contributed by atoms with van der Waals surface area (Å²) < 4.78 is 28.5. The van der Waals surface area contributed by atoms with Crippen molar-refractivity contribution in [3.63, 3.8) is 0 Å². The molecule has 2 aliphatic heterocycles. The van der Waals surface area contributed by atoms with Crippen LogP contribution >= 0.6 is 43.2 Å². The van der Waals surface area contributed by atoms with Crippen LogP contribution in [0.1, 0.15) is 19.3 Å². The lowest BCUT2D eigenvalue weighted by Gasteiger charge is -2.23. The van der Waals surface area contributed by atoms with Gasteiger partial charge in [0.05, 0.1) is 7.57 Å². The third-order valence-electron chi connectivity index (χ3n) is 3.73. The van der Waals surface area contributed by atoms with Crippen LogP contribution in [0.5, 0.6) is 0 Å². The van der Waals surface area contributed by atoms with Gasteiger partial charge in [-0.25, -0.2) is 8.42 Å². The van der Waals surface area contributed by atoms with Crippen molar-refractivity contribution < 1.29 is 8.42 Å². The molecule has 0 saturated carbocycles. The Balaban J connectivity index is 1.90. The lowest BCUT2D eigenvalue weighted by molar-refractivity contribution is 0.383. The van der Waals surface area contributed by atoms with E-state index in [0.717, 1.165) is 16.6 Å². The van der Waals surface area contributed by atoms with Crippen molar-refractivity contribution in [2.24, 2.45) is 0 Å². The Morgan fingerprint density at radius 2 is 2.00 bits per heavy atom. The molecule has 1 aromatic rings. The van der Waals surface area contributed by atoms with Gasteiger partial charge in [-0.3, -0.25) is 0 Å². The molecule has 4 nitrogen and oxygen atoms in total. The van der Waals surface area contributed by atoms with Gasteiger partial charge in [0.25, 0.3) is 0 Å². The Labute approximate surface area is 133 Å². The van der Waals surface area contributed by atoms with Crippen LogP contribution < -0.4 is 5.32 Å². The Bertz CT molecular complexity index is 588. The molecule has 2 unspecified atom stereocenters. The smallest absolute Gasteiger partial charge is 0.245 e. The zero-order chi connectivity index (χ0) is 13.6. The van der Waals surface area contributed by atoms with E-state index in [1.165, 1.54) is 17.8 Å². The van der Waals surface area contributed by atoms with E-state index in [4.69, 9.17) is 0 Å². The van der Waals surface area contributed by atoms with E-state index in [2.05, 4.69) is 37.2 Å². The van der Waals surface area contributed by atoms with Crippen molar-refractivity contribution in [2.45, 2.75) is 36.2 Å². The first-order valence-corrected chi connectivity index (χ1v) is 10.0. The molecule has 2 aliphatic rings. The van der Waals surface area contributed by atoms with Crippen molar-refractivity contribution in [3.05, 3.63) is 13.6 Å². The van der Waals surface area contributed by atoms with Gasteiger partial charge >= 0.3 is 0 Å². The summed E-state index contributed by atoms with van der Waals surface area (Å²) in [5.74, 6) is 0. The van der Waals surface area contributed by atoms with Crippen LogP contribution in [-0.4, -0.2) is 37.9 Å². The van der Waals surface area contributed by atoms with Crippen LogP contribution in [-0.2, 0) is 10.0 Å². The molecule has 0 aromatic carbocycles. The van der Waals surface area contributed by atoms with Gasteiger partial charge in [0.1, 0.15) is 4.90 Å². The molecular weight excluding hydrogens is 416 g/mol. The molecule has 8 heteroatoms. The summed E-state index contributed by atoms with van der Waals surface area (Å²) in [4.78, 5) is 0.377. The fourth-order valence-corrected chi connectivity index (χ4v) is 8.03. The number of rotatable bonds is 2. The second kappa shape index (κ2) is 5.38. The number of halogens is 2. The molecule has 2 fully saturated rings. The summed E-state index contributed by atoms with van der Waals surface area (Å²) in [5, 5.41) is 3.50. The van der Waals surface area contributed by atoms with Gasteiger partial charge in [-0.15, -0.1) is 11.3 Å². The normalized spacial score (nSPS) is 28.5. The monoisotopic (exact) mass is 428 g/mol. The SMILES string of the molecule is O=S(=O)(c1cc(Br)sc1Br)N1CCC2CCC(C1)N2. The van der Waals surface area contributed by atoms with Crippen molar-refractivity contribution in [1.82, 2.24) is 9.62 Å². The van der Waals surface area contributed by atoms with Crippen LogP contribution in [0.3, 0.4) is 0 Å². The molecule has 0 radical (unpaired) electrons. The highest BCUT2D eigenvalue weighted by atomic mass is 79.9. The van der Waals surface area contributed by atoms with E-state index in [1.807, 2.05) is 0 Å². The molecule has 0 aliphatic carbocycles. The Morgan fingerprint density at radius 1 is 1.26 bits per heavy atom. The average Bonchev–Trinajstić information content (AvgIpc) is 2.81. The molecule has 19 heavy (non-hydrogen) atoms. The van der Waals surface area contributed by atoms with Gasteiger partial charge in [-0.1, -0.05) is 0 Å². The first-order valence-electron chi connectivity index (χ1n) is 6.18. The van der Waals surface area contributed by atoms with Crippen LogP contribution in [0.2, 0.25) is 0 Å². The van der Waals surface area contributed by atoms with E-state index in [0.29, 0.717) is 33.9 Å². The highest BCUT2D eigenvalue weighted by Gasteiger charge is 2.36. The van der Waals surface area contributed by atoms with Gasteiger partial charge in [0.2, 0.25) is 10.0 Å². The van der Waals surface area contributed by atoms with Crippen molar-refractivity contribution in [2.75, 3.05) is 13.1 Å². The molecule has 0 spiro atoms. The zero-order valence-electron chi connectivity index (χ0n) is 10.1. The first-order chi connectivity index (χ1) is 8.96. The van der Waals surface area contributed by atoms with Crippen molar-refractivity contribution in [3.8, 4) is 0 Å². The van der Waals surface area contributed by atoms with Crippen molar-refractivity contribution >= 4 is 53.2 Å². The van der Waals surface area contributed by atoms with Gasteiger partial charge in [0.15, 0.2) is 0 Å². The quantitative estimate of drug-likeness (QED) is 0.786. The molecule has 2 bridgehead atoms. The van der Waals surface area contributed by atoms with Gasteiger partial charge in [-0.2, -0.15) is 4.31 Å². The maximum Gasteiger partial charge on any atom is 0.245 e. The number of fused-ring (bicyclic) bond motifs is 2. The molecule has 2 saturated heterocycles. The lowest BCUT2D eigenvalue weighted by atomic mass is 10.1. The number of thiophene rings is 1. The molecule has 3 heterocycles. The van der Waals surface area contributed by atoms with E-state index in [9.17, 15) is 8.42 Å². The first kappa shape index (κ1) is 14.5. The maximum absolute atomic E-state index is 12.7. The Hall–Kier alpha value is 0.530. The lowest BCUT2D eigenvalue weighted by Crippen LogP contribution is -2.38. The molecule has 106 valence electrons. The minimum atomic E-state index is -3.39. The summed E-state index contributed by atoms with van der Waals surface area (Å²) in [6.45, 7) is 1.19. The zero-order valence-corrected chi connectivity index (χ0v) is 14.9. The Kier molecular flexibility index (Phi) is 4.10. The standard InChI is InChI=1S/C11H14Br2N2O2S2/c12-10-5-9(11(13)18-10)19(16,17)15-4-3-7-1-2-8(6-15)14-7/h5,7-8,14H,1-4,6H2. The van der Waals surface area contributed by atoms with Crippen LogP contribution in [0.4, 0.5) is 0 Å². The number of nitrogens with zero attached hydrogens (tertiary/aromatic N) is 1. The number of hydrogen-bond donors (Lipinski definition) is 1. The van der Waals surface area contributed by atoms with Crippen LogP contribution in [0, 0.1) is 0 Å². The van der Waals surface area contributed by atoms with E-state index >= 15 is 0 Å². The number of hydrogen-bond acceptors (Lipinski definition) is 4. The summed E-state index contributed by atoms with van der Waals surface area (Å²) in [6.07, 6.45) is 3.15. The third kappa shape index (κ3) is 2.80.